The topological polar surface area (TPSA) is 49.4 Å². The van der Waals surface area contributed by atoms with Gasteiger partial charge in [0.25, 0.3) is 0 Å². The number of aryl methyl sites for hydroxylation is 1. The molecule has 1 aromatic carbocycles. The number of carbonyl (C=O) groups is 2. The standard InChI is InChI=1S/C19H28N2O2/c1-2-3-9-19(23)21-14-12-17(13-15-21)20-18(22)11-10-16-7-5-4-6-8-16/h4-8,17H,2-3,9-15H2,1H3,(H,20,22). The van der Waals surface area contributed by atoms with E-state index in [1.54, 1.807) is 0 Å². The van der Waals surface area contributed by atoms with Crippen LogP contribution in [0.3, 0.4) is 0 Å². The number of rotatable bonds is 7. The van der Waals surface area contributed by atoms with Crippen molar-refractivity contribution in [2.45, 2.75) is 57.9 Å². The first-order chi connectivity index (χ1) is 11.2. The Labute approximate surface area is 139 Å². The number of nitrogens with zero attached hydrogens (tertiary/aromatic N) is 1. The molecule has 23 heavy (non-hydrogen) atoms. The highest BCUT2D eigenvalue weighted by molar-refractivity contribution is 5.77. The Balaban J connectivity index is 1.65. The van der Waals surface area contributed by atoms with Gasteiger partial charge in [0.1, 0.15) is 0 Å². The van der Waals surface area contributed by atoms with E-state index in [9.17, 15) is 9.59 Å². The van der Waals surface area contributed by atoms with Crippen molar-refractivity contribution in [2.24, 2.45) is 0 Å². The molecule has 2 rings (SSSR count). The largest absolute Gasteiger partial charge is 0.353 e. The number of hydrogen-bond donors (Lipinski definition) is 1. The molecule has 1 aromatic rings. The number of amides is 2. The highest BCUT2D eigenvalue weighted by Crippen LogP contribution is 2.13. The SMILES string of the molecule is CCCCC(=O)N1CCC(NC(=O)CCc2ccccc2)CC1. The van der Waals surface area contributed by atoms with E-state index in [4.69, 9.17) is 0 Å². The van der Waals surface area contributed by atoms with Gasteiger partial charge in [-0.2, -0.15) is 0 Å². The predicted octanol–water partition coefficient (Wildman–Crippen LogP) is 2.92. The van der Waals surface area contributed by atoms with Crippen LogP contribution >= 0.6 is 0 Å². The summed E-state index contributed by atoms with van der Waals surface area (Å²) in [5.74, 6) is 0.380. The molecule has 1 aliphatic rings. The molecule has 1 heterocycles. The van der Waals surface area contributed by atoms with Crippen LogP contribution < -0.4 is 5.32 Å². The summed E-state index contributed by atoms with van der Waals surface area (Å²) in [5, 5.41) is 3.11. The molecule has 0 saturated carbocycles. The van der Waals surface area contributed by atoms with Gasteiger partial charge in [-0.05, 0) is 31.2 Å². The summed E-state index contributed by atoms with van der Waals surface area (Å²) in [6.45, 7) is 3.64. The van der Waals surface area contributed by atoms with Crippen molar-refractivity contribution in [2.75, 3.05) is 13.1 Å². The summed E-state index contributed by atoms with van der Waals surface area (Å²) in [6.07, 6.45) is 5.73. The molecule has 1 aliphatic heterocycles. The van der Waals surface area contributed by atoms with Gasteiger partial charge >= 0.3 is 0 Å². The van der Waals surface area contributed by atoms with E-state index in [0.29, 0.717) is 12.8 Å². The first-order valence-electron chi connectivity index (χ1n) is 8.80. The van der Waals surface area contributed by atoms with Crippen molar-refractivity contribution in [1.29, 1.82) is 0 Å². The number of piperidine rings is 1. The number of nitrogens with one attached hydrogen (secondary N) is 1. The van der Waals surface area contributed by atoms with Gasteiger partial charge in [-0.25, -0.2) is 0 Å². The molecule has 0 aromatic heterocycles. The summed E-state index contributed by atoms with van der Waals surface area (Å²) in [7, 11) is 0. The van der Waals surface area contributed by atoms with Crippen molar-refractivity contribution < 1.29 is 9.59 Å². The molecular weight excluding hydrogens is 288 g/mol. The monoisotopic (exact) mass is 316 g/mol. The third kappa shape index (κ3) is 6.05. The van der Waals surface area contributed by atoms with E-state index in [1.165, 1.54) is 5.56 Å². The zero-order chi connectivity index (χ0) is 16.5. The van der Waals surface area contributed by atoms with Gasteiger partial charge in [-0.1, -0.05) is 43.7 Å². The molecule has 126 valence electrons. The fourth-order valence-electron chi connectivity index (χ4n) is 2.96. The third-order valence-electron chi connectivity index (χ3n) is 4.44. The van der Waals surface area contributed by atoms with E-state index < -0.39 is 0 Å². The van der Waals surface area contributed by atoms with Crippen LogP contribution in [0.5, 0.6) is 0 Å². The van der Waals surface area contributed by atoms with Gasteiger partial charge in [0.15, 0.2) is 0 Å². The molecule has 4 heteroatoms. The Morgan fingerprint density at radius 3 is 2.48 bits per heavy atom. The first-order valence-corrected chi connectivity index (χ1v) is 8.80. The van der Waals surface area contributed by atoms with Gasteiger partial charge in [0.05, 0.1) is 0 Å². The van der Waals surface area contributed by atoms with Gasteiger partial charge in [-0.3, -0.25) is 9.59 Å². The summed E-state index contributed by atoms with van der Waals surface area (Å²) < 4.78 is 0. The number of unbranched alkanes of at least 4 members (excludes halogenated alkanes) is 1. The third-order valence-corrected chi connectivity index (χ3v) is 4.44. The van der Waals surface area contributed by atoms with Gasteiger partial charge in [0.2, 0.25) is 11.8 Å². The van der Waals surface area contributed by atoms with E-state index in [2.05, 4.69) is 12.2 Å². The van der Waals surface area contributed by atoms with Gasteiger partial charge < -0.3 is 10.2 Å². The predicted molar refractivity (Wildman–Crippen MR) is 92.0 cm³/mol. The Bertz CT molecular complexity index is 493. The number of carbonyl (C=O) groups excluding carboxylic acids is 2. The summed E-state index contributed by atoms with van der Waals surface area (Å²) in [5.41, 5.74) is 1.19. The van der Waals surface area contributed by atoms with Crippen LogP contribution in [-0.4, -0.2) is 35.8 Å². The van der Waals surface area contributed by atoms with Crippen LogP contribution in [0.15, 0.2) is 30.3 Å². The van der Waals surface area contributed by atoms with Gasteiger partial charge in [-0.15, -0.1) is 0 Å². The molecule has 0 atom stereocenters. The van der Waals surface area contributed by atoms with Crippen LogP contribution in [0.2, 0.25) is 0 Å². The van der Waals surface area contributed by atoms with Crippen molar-refractivity contribution >= 4 is 11.8 Å². The Hall–Kier alpha value is -1.84. The average molecular weight is 316 g/mol. The highest BCUT2D eigenvalue weighted by Gasteiger charge is 2.23. The van der Waals surface area contributed by atoms with E-state index in [-0.39, 0.29) is 17.9 Å². The molecule has 0 aliphatic carbocycles. The number of benzene rings is 1. The second-order valence-corrected chi connectivity index (χ2v) is 6.31. The minimum absolute atomic E-state index is 0.115. The Kier molecular flexibility index (Phi) is 7.11. The fraction of sp³-hybridized carbons (Fsp3) is 0.579. The van der Waals surface area contributed by atoms with E-state index in [1.807, 2.05) is 35.2 Å². The molecule has 0 spiro atoms. The number of likely N-dealkylation sites (tertiary alicyclic amines) is 1. The molecule has 4 nitrogen and oxygen atoms in total. The normalized spacial score (nSPS) is 15.4. The fourth-order valence-corrected chi connectivity index (χ4v) is 2.96. The molecule has 2 amide bonds. The molecule has 0 bridgehead atoms. The van der Waals surface area contributed by atoms with Crippen molar-refractivity contribution in [1.82, 2.24) is 10.2 Å². The van der Waals surface area contributed by atoms with Crippen LogP contribution in [0.4, 0.5) is 0 Å². The molecule has 0 radical (unpaired) electrons. The summed E-state index contributed by atoms with van der Waals surface area (Å²) in [6, 6.07) is 10.3. The maximum atomic E-state index is 12.0. The second kappa shape index (κ2) is 9.33. The number of hydrogen-bond acceptors (Lipinski definition) is 2. The minimum atomic E-state index is 0.115. The second-order valence-electron chi connectivity index (χ2n) is 6.31. The Morgan fingerprint density at radius 1 is 1.13 bits per heavy atom. The lowest BCUT2D eigenvalue weighted by atomic mass is 10.0. The maximum absolute atomic E-state index is 12.0. The smallest absolute Gasteiger partial charge is 0.222 e. The highest BCUT2D eigenvalue weighted by atomic mass is 16.2. The minimum Gasteiger partial charge on any atom is -0.353 e. The summed E-state index contributed by atoms with van der Waals surface area (Å²) in [4.78, 5) is 26.0. The van der Waals surface area contributed by atoms with Crippen LogP contribution in [0, 0.1) is 0 Å². The maximum Gasteiger partial charge on any atom is 0.222 e. The lowest BCUT2D eigenvalue weighted by Gasteiger charge is -2.32. The molecule has 0 unspecified atom stereocenters. The van der Waals surface area contributed by atoms with E-state index in [0.717, 1.165) is 45.2 Å². The molecular formula is C19H28N2O2. The average Bonchev–Trinajstić information content (AvgIpc) is 2.59. The lowest BCUT2D eigenvalue weighted by Crippen LogP contribution is -2.46. The zero-order valence-corrected chi connectivity index (χ0v) is 14.1. The summed E-state index contributed by atoms with van der Waals surface area (Å²) >= 11 is 0. The van der Waals surface area contributed by atoms with Crippen molar-refractivity contribution in [3.05, 3.63) is 35.9 Å². The van der Waals surface area contributed by atoms with Crippen molar-refractivity contribution in [3.8, 4) is 0 Å². The van der Waals surface area contributed by atoms with E-state index >= 15 is 0 Å². The molecule has 1 saturated heterocycles. The zero-order valence-electron chi connectivity index (χ0n) is 14.1. The molecule has 1 N–H and O–H groups in total. The molecule has 1 fully saturated rings. The van der Waals surface area contributed by atoms with Crippen molar-refractivity contribution in [3.63, 3.8) is 0 Å². The van der Waals surface area contributed by atoms with Crippen LogP contribution in [0.25, 0.3) is 0 Å². The van der Waals surface area contributed by atoms with Crippen LogP contribution in [-0.2, 0) is 16.0 Å². The quantitative estimate of drug-likeness (QED) is 0.841. The van der Waals surface area contributed by atoms with Gasteiger partial charge in [0, 0.05) is 32.0 Å². The lowest BCUT2D eigenvalue weighted by molar-refractivity contribution is -0.132. The Morgan fingerprint density at radius 2 is 1.83 bits per heavy atom. The van der Waals surface area contributed by atoms with Crippen LogP contribution in [0.1, 0.15) is 51.0 Å². The first kappa shape index (κ1) is 17.5.